The number of hydrogen-bond donors (Lipinski definition) is 0. The Morgan fingerprint density at radius 1 is 1.37 bits per heavy atom. The predicted octanol–water partition coefficient (Wildman–Crippen LogP) is 3.03. The van der Waals surface area contributed by atoms with Crippen LogP contribution in [0.5, 0.6) is 0 Å². The Hall–Kier alpha value is -1.46. The molecule has 0 bridgehead atoms. The molecule has 0 aliphatic rings. The molecule has 3 aromatic heterocycles. The number of imidazole rings is 1. The van der Waals surface area contributed by atoms with Crippen molar-refractivity contribution >= 4 is 34.1 Å². The number of thiazole rings is 1. The molecule has 0 amide bonds. The first-order valence-corrected chi connectivity index (χ1v) is 7.51. The Labute approximate surface area is 120 Å². The number of hydrogen-bond acceptors (Lipinski definition) is 4. The lowest BCUT2D eigenvalue weighted by Gasteiger charge is -2.05. The van der Waals surface area contributed by atoms with Crippen LogP contribution in [0.2, 0.25) is 0 Å². The molecule has 0 saturated carbocycles. The summed E-state index contributed by atoms with van der Waals surface area (Å²) in [6.45, 7) is 2.75. The number of nitrogens with zero attached hydrogens (tertiary/aromatic N) is 4. The highest BCUT2D eigenvalue weighted by molar-refractivity contribution is 7.07. The van der Waals surface area contributed by atoms with Crippen molar-refractivity contribution in [3.05, 3.63) is 40.2 Å². The van der Waals surface area contributed by atoms with Crippen LogP contribution in [0.3, 0.4) is 0 Å². The van der Waals surface area contributed by atoms with E-state index >= 15 is 0 Å². The lowest BCUT2D eigenvalue weighted by molar-refractivity contribution is 0.735. The molecule has 0 aliphatic heterocycles. The molecule has 4 nitrogen and oxygen atoms in total. The molecule has 6 heteroatoms. The third-order valence-electron chi connectivity index (χ3n) is 3.04. The molecule has 0 radical (unpaired) electrons. The van der Waals surface area contributed by atoms with Crippen molar-refractivity contribution in [1.29, 1.82) is 0 Å². The molecule has 0 fully saturated rings. The zero-order valence-corrected chi connectivity index (χ0v) is 12.1. The van der Waals surface area contributed by atoms with E-state index in [1.807, 2.05) is 23.2 Å². The van der Waals surface area contributed by atoms with Crippen molar-refractivity contribution in [3.63, 3.8) is 0 Å². The fourth-order valence-corrected chi connectivity index (χ4v) is 2.82. The normalized spacial score (nSPS) is 11.3. The van der Waals surface area contributed by atoms with Crippen LogP contribution in [-0.4, -0.2) is 25.4 Å². The highest BCUT2D eigenvalue weighted by atomic mass is 35.5. The van der Waals surface area contributed by atoms with E-state index in [1.165, 1.54) is 0 Å². The van der Waals surface area contributed by atoms with Crippen LogP contribution in [-0.2, 0) is 13.0 Å². The predicted molar refractivity (Wildman–Crippen MR) is 77.9 cm³/mol. The molecule has 0 unspecified atom stereocenters. The van der Waals surface area contributed by atoms with Crippen LogP contribution >= 0.6 is 22.9 Å². The Morgan fingerprint density at radius 2 is 2.26 bits per heavy atom. The van der Waals surface area contributed by atoms with Crippen LogP contribution in [0.4, 0.5) is 0 Å². The number of aryl methyl sites for hydroxylation is 2. The molecule has 98 valence electrons. The van der Waals surface area contributed by atoms with Gasteiger partial charge in [0, 0.05) is 23.9 Å². The van der Waals surface area contributed by atoms with Crippen molar-refractivity contribution < 1.29 is 0 Å². The lowest BCUT2D eigenvalue weighted by atomic mass is 10.3. The minimum absolute atomic E-state index is 0.555. The first-order chi connectivity index (χ1) is 9.29. The van der Waals surface area contributed by atoms with Gasteiger partial charge in [-0.25, -0.2) is 15.0 Å². The molecular weight excluding hydrogens is 280 g/mol. The summed E-state index contributed by atoms with van der Waals surface area (Å²) in [6.07, 6.45) is 2.56. The number of alkyl halides is 1. The third-order valence-corrected chi connectivity index (χ3v) is 3.86. The van der Waals surface area contributed by atoms with Gasteiger partial charge >= 0.3 is 0 Å². The molecule has 0 atom stereocenters. The minimum Gasteiger partial charge on any atom is -0.307 e. The summed E-state index contributed by atoms with van der Waals surface area (Å²) in [5.41, 5.74) is 5.88. The van der Waals surface area contributed by atoms with Gasteiger partial charge in [0.25, 0.3) is 0 Å². The van der Waals surface area contributed by atoms with Gasteiger partial charge in [0.15, 0.2) is 5.65 Å². The zero-order valence-electron chi connectivity index (χ0n) is 10.5. The summed E-state index contributed by atoms with van der Waals surface area (Å²) >= 11 is 7.47. The molecule has 0 N–H and O–H groups in total. The van der Waals surface area contributed by atoms with E-state index < -0.39 is 0 Å². The van der Waals surface area contributed by atoms with Crippen molar-refractivity contribution in [2.24, 2.45) is 0 Å². The van der Waals surface area contributed by atoms with Gasteiger partial charge in [-0.15, -0.1) is 22.9 Å². The van der Waals surface area contributed by atoms with Gasteiger partial charge < -0.3 is 4.57 Å². The Bertz CT molecular complexity index is 690. The molecule has 0 spiro atoms. The zero-order chi connectivity index (χ0) is 13.2. The molecule has 0 aromatic carbocycles. The Kier molecular flexibility index (Phi) is 3.48. The van der Waals surface area contributed by atoms with E-state index in [0.29, 0.717) is 12.4 Å². The Balaban J connectivity index is 2.13. The molecular formula is C13H13ClN4S. The minimum atomic E-state index is 0.555. The van der Waals surface area contributed by atoms with Crippen LogP contribution in [0.15, 0.2) is 23.2 Å². The van der Waals surface area contributed by atoms with E-state index in [-0.39, 0.29) is 0 Å². The number of fused-ring (bicyclic) bond motifs is 1. The fourth-order valence-electron chi connectivity index (χ4n) is 2.10. The molecule has 0 aliphatic carbocycles. The van der Waals surface area contributed by atoms with Gasteiger partial charge in [0.05, 0.1) is 17.7 Å². The summed E-state index contributed by atoms with van der Waals surface area (Å²) in [4.78, 5) is 13.5. The van der Waals surface area contributed by atoms with Gasteiger partial charge in [-0.05, 0) is 18.6 Å². The van der Waals surface area contributed by atoms with Crippen molar-refractivity contribution in [1.82, 2.24) is 19.5 Å². The average Bonchev–Trinajstić information content (AvgIpc) is 3.01. The quantitative estimate of drug-likeness (QED) is 0.694. The maximum atomic E-state index is 5.87. The second kappa shape index (κ2) is 5.27. The lowest BCUT2D eigenvalue weighted by Crippen LogP contribution is -2.06. The largest absolute Gasteiger partial charge is 0.307 e. The van der Waals surface area contributed by atoms with Crippen LogP contribution in [0.25, 0.3) is 11.2 Å². The maximum Gasteiger partial charge on any atom is 0.160 e. The van der Waals surface area contributed by atoms with Crippen LogP contribution in [0, 0.1) is 6.92 Å². The monoisotopic (exact) mass is 292 g/mol. The maximum absolute atomic E-state index is 5.87. The average molecular weight is 293 g/mol. The Morgan fingerprint density at radius 3 is 3.00 bits per heavy atom. The summed E-state index contributed by atoms with van der Waals surface area (Å²) < 4.78 is 2.11. The van der Waals surface area contributed by atoms with Crippen LogP contribution < -0.4 is 0 Å². The van der Waals surface area contributed by atoms with E-state index in [2.05, 4.69) is 26.4 Å². The van der Waals surface area contributed by atoms with E-state index in [9.17, 15) is 0 Å². The van der Waals surface area contributed by atoms with Gasteiger partial charge in [0.2, 0.25) is 0 Å². The van der Waals surface area contributed by atoms with Gasteiger partial charge in [-0.3, -0.25) is 0 Å². The number of pyridine rings is 1. The fraction of sp³-hybridized carbons (Fsp3) is 0.308. The molecule has 19 heavy (non-hydrogen) atoms. The summed E-state index contributed by atoms with van der Waals surface area (Å²) in [5, 5.41) is 2.05. The molecule has 3 aromatic rings. The van der Waals surface area contributed by atoms with Gasteiger partial charge in [0.1, 0.15) is 11.3 Å². The van der Waals surface area contributed by atoms with Crippen LogP contribution in [0.1, 0.15) is 17.1 Å². The van der Waals surface area contributed by atoms with E-state index in [0.717, 1.165) is 34.7 Å². The highest BCUT2D eigenvalue weighted by Gasteiger charge is 2.13. The summed E-state index contributed by atoms with van der Waals surface area (Å²) in [7, 11) is 0. The van der Waals surface area contributed by atoms with E-state index in [1.54, 1.807) is 11.3 Å². The smallest absolute Gasteiger partial charge is 0.160 e. The number of halogens is 1. The van der Waals surface area contributed by atoms with Gasteiger partial charge in [-0.2, -0.15) is 0 Å². The summed E-state index contributed by atoms with van der Waals surface area (Å²) in [5.74, 6) is 1.53. The van der Waals surface area contributed by atoms with Crippen molar-refractivity contribution in [3.8, 4) is 0 Å². The van der Waals surface area contributed by atoms with Gasteiger partial charge in [-0.1, -0.05) is 0 Å². The first kappa shape index (κ1) is 12.6. The second-order valence-electron chi connectivity index (χ2n) is 4.33. The van der Waals surface area contributed by atoms with E-state index in [4.69, 9.17) is 11.6 Å². The van der Waals surface area contributed by atoms with Crippen molar-refractivity contribution in [2.75, 3.05) is 5.88 Å². The number of rotatable bonds is 4. The van der Waals surface area contributed by atoms with Crippen molar-refractivity contribution in [2.45, 2.75) is 19.9 Å². The molecule has 3 rings (SSSR count). The highest BCUT2D eigenvalue weighted by Crippen LogP contribution is 2.19. The first-order valence-electron chi connectivity index (χ1n) is 6.03. The topological polar surface area (TPSA) is 43.6 Å². The summed E-state index contributed by atoms with van der Waals surface area (Å²) in [6, 6.07) is 1.98. The standard InChI is InChI=1S/C13H13ClN4S/c1-9-3-5-15-13-12(9)17-11(2-4-14)18(13)6-10-7-19-8-16-10/h3,5,7-8H,2,4,6H2,1H3. The second-order valence-corrected chi connectivity index (χ2v) is 5.43. The molecule has 3 heterocycles. The number of aromatic nitrogens is 4. The third kappa shape index (κ3) is 2.35. The molecule has 0 saturated heterocycles. The SMILES string of the molecule is Cc1ccnc2c1nc(CCCl)n2Cc1cscn1.